The van der Waals surface area contributed by atoms with Crippen LogP contribution in [0.15, 0.2) is 42.9 Å². The predicted molar refractivity (Wildman–Crippen MR) is 145 cm³/mol. The molecule has 1 atom stereocenters. The second-order valence-electron chi connectivity index (χ2n) is 9.44. The lowest BCUT2D eigenvalue weighted by Crippen LogP contribution is -2.36. The number of hydrogen-bond acceptors (Lipinski definition) is 10. The van der Waals surface area contributed by atoms with E-state index in [1.54, 1.807) is 55.1 Å². The second-order valence-corrected chi connectivity index (χ2v) is 9.44. The first kappa shape index (κ1) is 28.9. The van der Waals surface area contributed by atoms with Gasteiger partial charge in [-0.1, -0.05) is 0 Å². The number of rotatable bonds is 15. The fraction of sp³-hybridized carbons (Fsp3) is 0.444. The molecule has 0 unspecified atom stereocenters. The van der Waals surface area contributed by atoms with Gasteiger partial charge in [-0.3, -0.25) is 19.2 Å². The number of aromatic nitrogens is 4. The van der Waals surface area contributed by atoms with Gasteiger partial charge in [0.05, 0.1) is 32.2 Å². The lowest BCUT2D eigenvalue weighted by atomic mass is 10.2. The van der Waals surface area contributed by atoms with Gasteiger partial charge >= 0.3 is 0 Å². The van der Waals surface area contributed by atoms with Crippen molar-refractivity contribution in [1.82, 2.24) is 19.7 Å². The van der Waals surface area contributed by atoms with Crippen LogP contribution in [-0.4, -0.2) is 82.9 Å². The fourth-order valence-corrected chi connectivity index (χ4v) is 3.65. The summed E-state index contributed by atoms with van der Waals surface area (Å²) in [6.45, 7) is 2.67. The summed E-state index contributed by atoms with van der Waals surface area (Å²) in [5.74, 6) is 1.33. The molecule has 0 aliphatic heterocycles. The van der Waals surface area contributed by atoms with Gasteiger partial charge in [0.25, 0.3) is 11.8 Å². The molecule has 1 saturated carbocycles. The van der Waals surface area contributed by atoms with Gasteiger partial charge in [0.2, 0.25) is 5.88 Å². The Hall–Kier alpha value is -4.07. The van der Waals surface area contributed by atoms with Gasteiger partial charge in [-0.2, -0.15) is 5.10 Å². The number of amides is 2. The number of nitrogens with zero attached hydrogens (tertiary/aromatic N) is 5. The first-order valence-electron chi connectivity index (χ1n) is 12.9. The summed E-state index contributed by atoms with van der Waals surface area (Å²) in [6.07, 6.45) is 6.20. The van der Waals surface area contributed by atoms with Crippen LogP contribution >= 0.6 is 0 Å². The zero-order chi connectivity index (χ0) is 28.5. The number of hydrogen-bond donors (Lipinski definition) is 2. The second kappa shape index (κ2) is 13.8. The van der Waals surface area contributed by atoms with Crippen LogP contribution in [0.3, 0.4) is 0 Å². The third-order valence-electron chi connectivity index (χ3n) is 5.90. The van der Waals surface area contributed by atoms with Crippen LogP contribution in [0.5, 0.6) is 17.4 Å². The van der Waals surface area contributed by atoms with E-state index in [1.165, 1.54) is 18.5 Å². The number of ether oxygens (including phenoxy) is 4. The molecule has 1 aromatic carbocycles. The molecule has 0 bridgehead atoms. The monoisotopic (exact) mass is 554 g/mol. The summed E-state index contributed by atoms with van der Waals surface area (Å²) in [5, 5.41) is 16.3. The Kier molecular flexibility index (Phi) is 10.00. The van der Waals surface area contributed by atoms with Gasteiger partial charge in [0.1, 0.15) is 24.2 Å². The maximum Gasteiger partial charge on any atom is 0.257 e. The topological polar surface area (TPSA) is 150 Å². The highest BCUT2D eigenvalue weighted by Gasteiger charge is 2.28. The molecule has 1 aliphatic rings. The van der Waals surface area contributed by atoms with E-state index >= 15 is 0 Å². The Morgan fingerprint density at radius 1 is 1.18 bits per heavy atom. The minimum Gasteiger partial charge on any atom is -0.488 e. The van der Waals surface area contributed by atoms with E-state index in [1.807, 2.05) is 0 Å². The van der Waals surface area contributed by atoms with E-state index in [-0.39, 0.29) is 36.3 Å². The SMILES string of the molecule is COCCOCC(=O)N(CC1CC1)c1cnc(Oc2cc(O[C@@H](C)CO)cc(C(=O)Nc3ccn(C)n3)c2)cn1. The standard InChI is InChI=1S/C27H34N6O7/c1-18(16-34)39-21-10-20(27(36)30-23-6-7-32(2)31-23)11-22(12-21)40-25-14-28-24(13-29-25)33(15-19-4-5-19)26(35)17-38-9-8-37-3/h6-7,10-14,18-19,34H,4-5,8-9,15-17H2,1-3H3,(H,30,31,36)/t18-/m0/s1. The van der Waals surface area contributed by atoms with Crippen molar-refractivity contribution >= 4 is 23.5 Å². The van der Waals surface area contributed by atoms with E-state index < -0.39 is 12.0 Å². The van der Waals surface area contributed by atoms with E-state index in [9.17, 15) is 14.7 Å². The number of aryl methyl sites for hydroxylation is 1. The molecule has 1 fully saturated rings. The quantitative estimate of drug-likeness (QED) is 0.268. The minimum atomic E-state index is -0.505. The van der Waals surface area contributed by atoms with Gasteiger partial charge in [0, 0.05) is 44.6 Å². The molecule has 1 aliphatic carbocycles. The Morgan fingerprint density at radius 3 is 2.62 bits per heavy atom. The minimum absolute atomic E-state index is 0.0849. The van der Waals surface area contributed by atoms with Crippen molar-refractivity contribution < 1.29 is 33.6 Å². The molecule has 2 amide bonds. The average molecular weight is 555 g/mol. The largest absolute Gasteiger partial charge is 0.488 e. The molecule has 13 nitrogen and oxygen atoms in total. The van der Waals surface area contributed by atoms with Crippen molar-refractivity contribution in [2.24, 2.45) is 13.0 Å². The summed E-state index contributed by atoms with van der Waals surface area (Å²) < 4.78 is 23.6. The molecule has 0 spiro atoms. The van der Waals surface area contributed by atoms with Crippen LogP contribution in [0, 0.1) is 5.92 Å². The zero-order valence-corrected chi connectivity index (χ0v) is 22.8. The molecule has 3 aromatic rings. The Morgan fingerprint density at radius 2 is 1.98 bits per heavy atom. The molecular weight excluding hydrogens is 520 g/mol. The number of methoxy groups -OCH3 is 1. The van der Waals surface area contributed by atoms with Crippen LogP contribution in [0.1, 0.15) is 30.1 Å². The number of anilines is 2. The van der Waals surface area contributed by atoms with E-state index in [4.69, 9.17) is 18.9 Å². The van der Waals surface area contributed by atoms with Crippen LogP contribution in [-0.2, 0) is 21.3 Å². The Balaban J connectivity index is 1.49. The Labute approximate surface area is 232 Å². The van der Waals surface area contributed by atoms with Gasteiger partial charge < -0.3 is 29.4 Å². The van der Waals surface area contributed by atoms with Crippen LogP contribution in [0.25, 0.3) is 0 Å². The van der Waals surface area contributed by atoms with E-state index in [0.717, 1.165) is 12.8 Å². The number of aliphatic hydroxyl groups excluding tert-OH is 1. The maximum atomic E-state index is 12.9. The summed E-state index contributed by atoms with van der Waals surface area (Å²) in [6, 6.07) is 6.33. The molecule has 40 heavy (non-hydrogen) atoms. The maximum absolute atomic E-state index is 12.9. The number of benzene rings is 1. The molecule has 2 aromatic heterocycles. The van der Waals surface area contributed by atoms with Gasteiger partial charge in [-0.15, -0.1) is 0 Å². The molecule has 214 valence electrons. The van der Waals surface area contributed by atoms with Crippen molar-refractivity contribution in [3.63, 3.8) is 0 Å². The molecule has 13 heteroatoms. The lowest BCUT2D eigenvalue weighted by Gasteiger charge is -2.21. The highest BCUT2D eigenvalue weighted by Crippen LogP contribution is 2.32. The van der Waals surface area contributed by atoms with Gasteiger partial charge in [-0.25, -0.2) is 9.97 Å². The number of nitrogens with one attached hydrogen (secondary N) is 1. The average Bonchev–Trinajstić information content (AvgIpc) is 3.68. The first-order chi connectivity index (χ1) is 19.3. The Bertz CT molecular complexity index is 1280. The normalized spacial score (nSPS) is 13.5. The summed E-state index contributed by atoms with van der Waals surface area (Å²) in [5.41, 5.74) is 0.252. The van der Waals surface area contributed by atoms with Gasteiger partial charge in [-0.05, 0) is 37.8 Å². The van der Waals surface area contributed by atoms with Gasteiger partial charge in [0.15, 0.2) is 11.6 Å². The smallest absolute Gasteiger partial charge is 0.257 e. The molecule has 0 radical (unpaired) electrons. The van der Waals surface area contributed by atoms with Crippen molar-refractivity contribution in [3.05, 3.63) is 48.4 Å². The number of carbonyl (C=O) groups is 2. The van der Waals surface area contributed by atoms with E-state index in [2.05, 4.69) is 20.4 Å². The number of carbonyl (C=O) groups excluding carboxylic acids is 2. The van der Waals surface area contributed by atoms with Crippen molar-refractivity contribution in [2.75, 3.05) is 50.3 Å². The molecule has 0 saturated heterocycles. The fourth-order valence-electron chi connectivity index (χ4n) is 3.65. The molecule has 4 rings (SSSR count). The highest BCUT2D eigenvalue weighted by atomic mass is 16.5. The first-order valence-corrected chi connectivity index (χ1v) is 12.9. The summed E-state index contributed by atoms with van der Waals surface area (Å²) >= 11 is 0. The number of aliphatic hydroxyl groups is 1. The lowest BCUT2D eigenvalue weighted by molar-refractivity contribution is -0.123. The van der Waals surface area contributed by atoms with Crippen molar-refractivity contribution in [1.29, 1.82) is 0 Å². The highest BCUT2D eigenvalue weighted by molar-refractivity contribution is 6.04. The molecule has 2 N–H and O–H groups in total. The van der Waals surface area contributed by atoms with Crippen LogP contribution in [0.4, 0.5) is 11.6 Å². The van der Waals surface area contributed by atoms with Crippen molar-refractivity contribution in [3.8, 4) is 17.4 Å². The zero-order valence-electron chi connectivity index (χ0n) is 22.8. The predicted octanol–water partition coefficient (Wildman–Crippen LogP) is 2.42. The molecular formula is C27H34N6O7. The van der Waals surface area contributed by atoms with Crippen molar-refractivity contribution in [2.45, 2.75) is 25.9 Å². The van der Waals surface area contributed by atoms with E-state index in [0.29, 0.717) is 43.1 Å². The van der Waals surface area contributed by atoms with Crippen LogP contribution in [0.2, 0.25) is 0 Å². The third-order valence-corrected chi connectivity index (χ3v) is 5.90. The summed E-state index contributed by atoms with van der Waals surface area (Å²) in [4.78, 5) is 36.0. The van der Waals surface area contributed by atoms with Crippen LogP contribution < -0.4 is 19.7 Å². The summed E-state index contributed by atoms with van der Waals surface area (Å²) in [7, 11) is 3.32. The molecule has 2 heterocycles. The third kappa shape index (κ3) is 8.46.